The van der Waals surface area contributed by atoms with Gasteiger partial charge in [0.2, 0.25) is 0 Å². The molecule has 2 N–H and O–H groups in total. The number of carbonyl (C=O) groups excluding carboxylic acids is 2. The summed E-state index contributed by atoms with van der Waals surface area (Å²) in [5, 5.41) is 24.0. The van der Waals surface area contributed by atoms with Crippen molar-refractivity contribution in [2.24, 2.45) is 28.6 Å². The van der Waals surface area contributed by atoms with Gasteiger partial charge in [-0.25, -0.2) is 4.79 Å². The Morgan fingerprint density at radius 1 is 1.03 bits per heavy atom. The van der Waals surface area contributed by atoms with Crippen molar-refractivity contribution in [2.45, 2.75) is 95.9 Å². The summed E-state index contributed by atoms with van der Waals surface area (Å²) < 4.78 is 10.7. The van der Waals surface area contributed by atoms with Crippen LogP contribution in [0.4, 0.5) is 0 Å². The first-order valence-electron chi connectivity index (χ1n) is 12.0. The molecule has 0 spiro atoms. The van der Waals surface area contributed by atoms with E-state index in [0.717, 1.165) is 50.5 Å². The van der Waals surface area contributed by atoms with E-state index in [-0.39, 0.29) is 46.6 Å². The molecule has 0 bridgehead atoms. The van der Waals surface area contributed by atoms with Gasteiger partial charge < -0.3 is 19.7 Å². The first kappa shape index (κ1) is 21.4. The molecule has 6 heteroatoms. The Bertz CT molecular complexity index is 836. The SMILES string of the molecule is CC(=O)O[C@H]1CC[C@]2(C)[C@H]3CC[C@]4(C)[C@@H](C5=CC(=O)OC5)CC[C@@]4(O)[C@@H]3CC[C@]2(O)C1. The minimum Gasteiger partial charge on any atom is -0.462 e. The molecule has 4 saturated carbocycles. The van der Waals surface area contributed by atoms with Crippen LogP contribution in [0.2, 0.25) is 0 Å². The van der Waals surface area contributed by atoms with Gasteiger partial charge in [-0.2, -0.15) is 0 Å². The Morgan fingerprint density at radius 3 is 2.42 bits per heavy atom. The minimum absolute atomic E-state index is 0.144. The molecule has 172 valence electrons. The van der Waals surface area contributed by atoms with Crippen molar-refractivity contribution in [3.8, 4) is 0 Å². The molecule has 4 aliphatic carbocycles. The van der Waals surface area contributed by atoms with E-state index in [9.17, 15) is 19.8 Å². The molecule has 0 amide bonds. The van der Waals surface area contributed by atoms with Gasteiger partial charge in [0.25, 0.3) is 0 Å². The summed E-state index contributed by atoms with van der Waals surface area (Å²) in [6.07, 6.45) is 8.41. The molecule has 1 heterocycles. The Kier molecular flexibility index (Phi) is 4.70. The van der Waals surface area contributed by atoms with E-state index in [1.165, 1.54) is 6.92 Å². The second-order valence-electron chi connectivity index (χ2n) is 11.5. The molecule has 0 aromatic heterocycles. The van der Waals surface area contributed by atoms with Crippen molar-refractivity contribution in [1.29, 1.82) is 0 Å². The lowest BCUT2D eigenvalue weighted by molar-refractivity contribution is -0.256. The average molecular weight is 433 g/mol. The summed E-state index contributed by atoms with van der Waals surface area (Å²) in [6, 6.07) is 0. The maximum absolute atomic E-state index is 12.2. The second kappa shape index (κ2) is 6.80. The highest BCUT2D eigenvalue weighted by Gasteiger charge is 2.70. The van der Waals surface area contributed by atoms with Crippen LogP contribution in [0.15, 0.2) is 11.6 Å². The zero-order valence-electron chi connectivity index (χ0n) is 19.0. The molecule has 0 unspecified atom stereocenters. The Labute approximate surface area is 184 Å². The highest BCUT2D eigenvalue weighted by Crippen LogP contribution is 2.70. The van der Waals surface area contributed by atoms with Crippen LogP contribution >= 0.6 is 0 Å². The van der Waals surface area contributed by atoms with E-state index >= 15 is 0 Å². The standard InChI is InChI=1S/C25H36O6/c1-15(26)31-17-4-8-22(2)19-5-9-23(3)18(16-12-21(27)30-14-16)7-11-25(23,29)20(19)6-10-24(22,28)13-17/h12,17-20,28-29H,4-11,13-14H2,1-3H3/t17-,18+,19-,20+,22+,23+,24-,25+/m0/s1. The van der Waals surface area contributed by atoms with Crippen LogP contribution in [-0.4, -0.2) is 46.1 Å². The van der Waals surface area contributed by atoms with Crippen LogP contribution in [0.5, 0.6) is 0 Å². The van der Waals surface area contributed by atoms with Gasteiger partial charge in [-0.05, 0) is 80.1 Å². The molecule has 31 heavy (non-hydrogen) atoms. The number of rotatable bonds is 2. The van der Waals surface area contributed by atoms with Crippen molar-refractivity contribution >= 4 is 11.9 Å². The number of ether oxygens (including phenoxy) is 2. The van der Waals surface area contributed by atoms with Crippen molar-refractivity contribution in [2.75, 3.05) is 6.61 Å². The summed E-state index contributed by atoms with van der Waals surface area (Å²) >= 11 is 0. The van der Waals surface area contributed by atoms with Crippen LogP contribution in [-0.2, 0) is 19.1 Å². The molecule has 8 atom stereocenters. The number of cyclic esters (lactones) is 1. The molecule has 0 radical (unpaired) electrons. The van der Waals surface area contributed by atoms with E-state index in [4.69, 9.17) is 9.47 Å². The topological polar surface area (TPSA) is 93.1 Å². The van der Waals surface area contributed by atoms with Crippen molar-refractivity contribution in [3.63, 3.8) is 0 Å². The summed E-state index contributed by atoms with van der Waals surface area (Å²) in [5.41, 5.74) is -1.16. The lowest BCUT2D eigenvalue weighted by atomic mass is 9.42. The number of aliphatic hydroxyl groups is 2. The minimum atomic E-state index is -0.858. The lowest BCUT2D eigenvalue weighted by Crippen LogP contribution is -2.67. The predicted octanol–water partition coefficient (Wildman–Crippen LogP) is 3.29. The number of hydrogen-bond donors (Lipinski definition) is 2. The van der Waals surface area contributed by atoms with E-state index in [2.05, 4.69) is 13.8 Å². The Morgan fingerprint density at radius 2 is 1.74 bits per heavy atom. The van der Waals surface area contributed by atoms with Crippen LogP contribution in [0, 0.1) is 28.6 Å². The molecular weight excluding hydrogens is 396 g/mol. The van der Waals surface area contributed by atoms with E-state index in [1.54, 1.807) is 6.08 Å². The maximum Gasteiger partial charge on any atom is 0.331 e. The van der Waals surface area contributed by atoms with Crippen LogP contribution in [0.25, 0.3) is 0 Å². The van der Waals surface area contributed by atoms with Gasteiger partial charge in [0.1, 0.15) is 12.7 Å². The van der Waals surface area contributed by atoms with Gasteiger partial charge in [-0.3, -0.25) is 4.79 Å². The normalized spacial score (nSPS) is 51.3. The predicted molar refractivity (Wildman–Crippen MR) is 113 cm³/mol. The quantitative estimate of drug-likeness (QED) is 0.651. The van der Waals surface area contributed by atoms with E-state index in [1.807, 2.05) is 0 Å². The van der Waals surface area contributed by atoms with Crippen LogP contribution in [0.1, 0.15) is 78.6 Å². The maximum atomic E-state index is 12.2. The first-order valence-corrected chi connectivity index (χ1v) is 12.0. The molecule has 6 nitrogen and oxygen atoms in total. The smallest absolute Gasteiger partial charge is 0.331 e. The van der Waals surface area contributed by atoms with Gasteiger partial charge in [0, 0.05) is 24.8 Å². The van der Waals surface area contributed by atoms with Gasteiger partial charge in [0.05, 0.1) is 11.2 Å². The number of carbonyl (C=O) groups is 2. The van der Waals surface area contributed by atoms with Crippen LogP contribution < -0.4 is 0 Å². The average Bonchev–Trinajstić information content (AvgIpc) is 3.22. The van der Waals surface area contributed by atoms with Crippen molar-refractivity contribution in [1.82, 2.24) is 0 Å². The Balaban J connectivity index is 1.43. The summed E-state index contributed by atoms with van der Waals surface area (Å²) in [6.45, 7) is 6.21. The summed E-state index contributed by atoms with van der Waals surface area (Å²) in [5.74, 6) is 0.0252. The van der Waals surface area contributed by atoms with Crippen molar-refractivity contribution in [3.05, 3.63) is 11.6 Å². The molecule has 5 rings (SSSR count). The van der Waals surface area contributed by atoms with Gasteiger partial charge in [-0.1, -0.05) is 13.8 Å². The largest absolute Gasteiger partial charge is 0.462 e. The number of esters is 2. The zero-order valence-corrected chi connectivity index (χ0v) is 19.0. The Hall–Kier alpha value is -1.40. The lowest BCUT2D eigenvalue weighted by Gasteiger charge is -2.66. The fraction of sp³-hybridized carbons (Fsp3) is 0.840. The molecular formula is C25H36O6. The monoisotopic (exact) mass is 432 g/mol. The number of fused-ring (bicyclic) bond motifs is 5. The second-order valence-corrected chi connectivity index (χ2v) is 11.5. The molecule has 0 aromatic carbocycles. The summed E-state index contributed by atoms with van der Waals surface area (Å²) in [4.78, 5) is 23.2. The van der Waals surface area contributed by atoms with Gasteiger partial charge in [0.15, 0.2) is 0 Å². The van der Waals surface area contributed by atoms with Gasteiger partial charge >= 0.3 is 11.9 Å². The van der Waals surface area contributed by atoms with Crippen LogP contribution in [0.3, 0.4) is 0 Å². The highest BCUT2D eigenvalue weighted by atomic mass is 16.5. The molecule has 0 saturated heterocycles. The summed E-state index contributed by atoms with van der Waals surface area (Å²) in [7, 11) is 0. The highest BCUT2D eigenvalue weighted by molar-refractivity contribution is 5.85. The number of hydrogen-bond acceptors (Lipinski definition) is 6. The van der Waals surface area contributed by atoms with E-state index in [0.29, 0.717) is 19.4 Å². The molecule has 4 fully saturated rings. The fourth-order valence-corrected chi connectivity index (χ4v) is 8.70. The zero-order chi connectivity index (χ0) is 22.2. The molecule has 0 aromatic rings. The third-order valence-corrected chi connectivity index (χ3v) is 10.4. The fourth-order valence-electron chi connectivity index (χ4n) is 8.70. The third-order valence-electron chi connectivity index (χ3n) is 10.4. The molecule has 1 aliphatic heterocycles. The third kappa shape index (κ3) is 2.83. The first-order chi connectivity index (χ1) is 14.5. The van der Waals surface area contributed by atoms with E-state index < -0.39 is 11.2 Å². The van der Waals surface area contributed by atoms with Gasteiger partial charge in [-0.15, -0.1) is 0 Å². The van der Waals surface area contributed by atoms with Crippen molar-refractivity contribution < 1.29 is 29.3 Å². The molecule has 5 aliphatic rings.